The largest absolute Gasteiger partial charge is 0.466 e. The average molecular weight is 358 g/mol. The summed E-state index contributed by atoms with van der Waals surface area (Å²) in [4.78, 5) is 39.9. The molecule has 2 heterocycles. The fourth-order valence-electron chi connectivity index (χ4n) is 2.25. The van der Waals surface area contributed by atoms with Crippen LogP contribution < -0.4 is 10.9 Å². The quantitative estimate of drug-likeness (QED) is 0.672. The Morgan fingerprint density at radius 3 is 2.80 bits per heavy atom. The standard InChI is InChI=1S/C16H14N4O4S/c1-2-24-12(21)7-9-8-25-16(17-9)18-15(23)13-10-5-3-4-6-11(10)14(22)20-19-13/h3-6,8H,2,7H2,1H3,(H,20,22)(H,17,18,23). The van der Waals surface area contributed by atoms with Gasteiger partial charge in [0, 0.05) is 10.8 Å². The van der Waals surface area contributed by atoms with Crippen molar-refractivity contribution in [3.05, 3.63) is 51.4 Å². The molecule has 0 spiro atoms. The third-order valence-electron chi connectivity index (χ3n) is 3.31. The molecule has 0 bridgehead atoms. The number of rotatable bonds is 5. The summed E-state index contributed by atoms with van der Waals surface area (Å²) in [5, 5.41) is 11.6. The van der Waals surface area contributed by atoms with E-state index >= 15 is 0 Å². The van der Waals surface area contributed by atoms with Crippen molar-refractivity contribution in [3.8, 4) is 0 Å². The van der Waals surface area contributed by atoms with Crippen LogP contribution in [0.5, 0.6) is 0 Å². The van der Waals surface area contributed by atoms with Gasteiger partial charge in [-0.1, -0.05) is 18.2 Å². The van der Waals surface area contributed by atoms with Gasteiger partial charge in [0.25, 0.3) is 11.5 Å². The van der Waals surface area contributed by atoms with Crippen LogP contribution in [0.4, 0.5) is 5.13 Å². The third-order valence-corrected chi connectivity index (χ3v) is 4.12. The van der Waals surface area contributed by atoms with Gasteiger partial charge in [0.05, 0.1) is 24.1 Å². The highest BCUT2D eigenvalue weighted by molar-refractivity contribution is 7.14. The number of hydrogen-bond acceptors (Lipinski definition) is 7. The van der Waals surface area contributed by atoms with Gasteiger partial charge < -0.3 is 4.74 Å². The Balaban J connectivity index is 1.80. The lowest BCUT2D eigenvalue weighted by Crippen LogP contribution is -2.19. The number of nitrogens with zero attached hydrogens (tertiary/aromatic N) is 2. The Bertz CT molecular complexity index is 995. The number of H-pyrrole nitrogens is 1. The zero-order valence-electron chi connectivity index (χ0n) is 13.2. The van der Waals surface area contributed by atoms with Crippen molar-refractivity contribution in [2.75, 3.05) is 11.9 Å². The molecule has 1 aromatic carbocycles. The number of esters is 1. The summed E-state index contributed by atoms with van der Waals surface area (Å²) < 4.78 is 4.86. The molecule has 0 saturated heterocycles. The van der Waals surface area contributed by atoms with E-state index in [1.165, 1.54) is 11.3 Å². The number of carbonyl (C=O) groups is 2. The van der Waals surface area contributed by atoms with Gasteiger partial charge in [-0.15, -0.1) is 11.3 Å². The van der Waals surface area contributed by atoms with Gasteiger partial charge in [-0.25, -0.2) is 10.1 Å². The lowest BCUT2D eigenvalue weighted by Gasteiger charge is -2.04. The minimum absolute atomic E-state index is 0.0417. The molecular formula is C16H14N4O4S. The maximum Gasteiger partial charge on any atom is 0.311 e. The first-order valence-corrected chi connectivity index (χ1v) is 8.35. The topological polar surface area (TPSA) is 114 Å². The lowest BCUT2D eigenvalue weighted by atomic mass is 10.1. The van der Waals surface area contributed by atoms with E-state index in [4.69, 9.17) is 4.74 Å². The summed E-state index contributed by atoms with van der Waals surface area (Å²) in [5.74, 6) is -0.872. The molecule has 0 aliphatic carbocycles. The number of nitrogens with one attached hydrogen (secondary N) is 2. The number of thiazole rings is 1. The highest BCUT2D eigenvalue weighted by atomic mass is 32.1. The number of benzene rings is 1. The SMILES string of the molecule is CCOC(=O)Cc1csc(NC(=O)c2n[nH]c(=O)c3ccccc23)n1. The Kier molecular flexibility index (Phi) is 4.85. The monoisotopic (exact) mass is 358 g/mol. The predicted octanol–water partition coefficient (Wildman–Crippen LogP) is 1.74. The minimum atomic E-state index is -0.496. The maximum atomic E-state index is 12.5. The van der Waals surface area contributed by atoms with Gasteiger partial charge in [0.2, 0.25) is 0 Å². The van der Waals surface area contributed by atoms with Crippen molar-refractivity contribution in [2.24, 2.45) is 0 Å². The molecule has 0 atom stereocenters. The molecule has 0 unspecified atom stereocenters. The second-order valence-corrected chi connectivity index (χ2v) is 5.88. The molecule has 1 amide bonds. The Morgan fingerprint density at radius 1 is 1.28 bits per heavy atom. The van der Waals surface area contributed by atoms with Crippen molar-refractivity contribution < 1.29 is 14.3 Å². The molecule has 0 aliphatic rings. The van der Waals surface area contributed by atoms with E-state index in [0.29, 0.717) is 28.2 Å². The Morgan fingerprint density at radius 2 is 2.04 bits per heavy atom. The maximum absolute atomic E-state index is 12.5. The van der Waals surface area contributed by atoms with Crippen LogP contribution in [0.15, 0.2) is 34.4 Å². The molecule has 3 aromatic rings. The van der Waals surface area contributed by atoms with Gasteiger partial charge >= 0.3 is 5.97 Å². The number of amides is 1. The van der Waals surface area contributed by atoms with Crippen LogP contribution in [0, 0.1) is 0 Å². The fourth-order valence-corrected chi connectivity index (χ4v) is 2.95. The van der Waals surface area contributed by atoms with E-state index in [1.54, 1.807) is 36.6 Å². The first-order valence-electron chi connectivity index (χ1n) is 7.47. The predicted molar refractivity (Wildman–Crippen MR) is 92.8 cm³/mol. The zero-order valence-corrected chi connectivity index (χ0v) is 14.1. The van der Waals surface area contributed by atoms with Crippen LogP contribution in [-0.4, -0.2) is 33.7 Å². The van der Waals surface area contributed by atoms with Crippen molar-refractivity contribution in [2.45, 2.75) is 13.3 Å². The third kappa shape index (κ3) is 3.72. The fraction of sp³-hybridized carbons (Fsp3) is 0.188. The van der Waals surface area contributed by atoms with E-state index in [2.05, 4.69) is 20.5 Å². The first kappa shape index (κ1) is 16.8. The molecule has 8 nitrogen and oxygen atoms in total. The molecule has 25 heavy (non-hydrogen) atoms. The molecule has 0 saturated carbocycles. The smallest absolute Gasteiger partial charge is 0.311 e. The summed E-state index contributed by atoms with van der Waals surface area (Å²) in [5.41, 5.74) is 0.244. The molecule has 0 radical (unpaired) electrons. The van der Waals surface area contributed by atoms with E-state index in [1.807, 2.05) is 0 Å². The Labute approximate surface area is 145 Å². The van der Waals surface area contributed by atoms with Gasteiger partial charge in [0.1, 0.15) is 0 Å². The van der Waals surface area contributed by atoms with E-state index in [0.717, 1.165) is 0 Å². The summed E-state index contributed by atoms with van der Waals surface area (Å²) in [7, 11) is 0. The molecule has 0 aliphatic heterocycles. The normalized spacial score (nSPS) is 10.6. The lowest BCUT2D eigenvalue weighted by molar-refractivity contribution is -0.142. The second-order valence-electron chi connectivity index (χ2n) is 5.03. The van der Waals surface area contributed by atoms with Gasteiger partial charge in [-0.05, 0) is 13.0 Å². The zero-order chi connectivity index (χ0) is 17.8. The van der Waals surface area contributed by atoms with Gasteiger partial charge in [0.15, 0.2) is 10.8 Å². The van der Waals surface area contributed by atoms with E-state index in [-0.39, 0.29) is 23.6 Å². The molecular weight excluding hydrogens is 344 g/mol. The Hall–Kier alpha value is -3.07. The van der Waals surface area contributed by atoms with Crippen molar-refractivity contribution in [1.29, 1.82) is 0 Å². The molecule has 2 N–H and O–H groups in total. The number of anilines is 1. The number of aromatic amines is 1. The molecule has 0 fully saturated rings. The number of carbonyl (C=O) groups excluding carboxylic acids is 2. The molecule has 2 aromatic heterocycles. The van der Waals surface area contributed by atoms with Crippen molar-refractivity contribution >= 4 is 39.1 Å². The first-order chi connectivity index (χ1) is 12.1. The summed E-state index contributed by atoms with van der Waals surface area (Å²) in [6.07, 6.45) is 0.0417. The number of fused-ring (bicyclic) bond motifs is 1. The highest BCUT2D eigenvalue weighted by Gasteiger charge is 2.16. The summed E-state index contributed by atoms with van der Waals surface area (Å²) in [6.45, 7) is 2.03. The van der Waals surface area contributed by atoms with Crippen molar-refractivity contribution in [1.82, 2.24) is 15.2 Å². The second kappa shape index (κ2) is 7.22. The summed E-state index contributed by atoms with van der Waals surface area (Å²) in [6, 6.07) is 6.71. The molecule has 128 valence electrons. The van der Waals surface area contributed by atoms with E-state index < -0.39 is 5.91 Å². The number of ether oxygens (including phenoxy) is 1. The number of aromatic nitrogens is 3. The average Bonchev–Trinajstić information content (AvgIpc) is 3.02. The number of hydrogen-bond donors (Lipinski definition) is 2. The van der Waals surface area contributed by atoms with Crippen LogP contribution in [0.3, 0.4) is 0 Å². The summed E-state index contributed by atoms with van der Waals surface area (Å²) >= 11 is 1.19. The van der Waals surface area contributed by atoms with E-state index in [9.17, 15) is 14.4 Å². The van der Waals surface area contributed by atoms with Gasteiger partial charge in [-0.3, -0.25) is 19.7 Å². The molecule has 3 rings (SSSR count). The van der Waals surface area contributed by atoms with Gasteiger partial charge in [-0.2, -0.15) is 5.10 Å². The molecule has 9 heteroatoms. The van der Waals surface area contributed by atoms with Crippen LogP contribution in [0.1, 0.15) is 23.1 Å². The minimum Gasteiger partial charge on any atom is -0.466 e. The van der Waals surface area contributed by atoms with Crippen LogP contribution in [0.2, 0.25) is 0 Å². The van der Waals surface area contributed by atoms with Crippen LogP contribution in [-0.2, 0) is 16.0 Å². The van der Waals surface area contributed by atoms with Crippen molar-refractivity contribution in [3.63, 3.8) is 0 Å². The van der Waals surface area contributed by atoms with Crippen LogP contribution >= 0.6 is 11.3 Å². The van der Waals surface area contributed by atoms with Crippen LogP contribution in [0.25, 0.3) is 10.8 Å². The highest BCUT2D eigenvalue weighted by Crippen LogP contribution is 2.19.